The van der Waals surface area contributed by atoms with Crippen molar-refractivity contribution in [2.45, 2.75) is 26.2 Å². The highest BCUT2D eigenvalue weighted by atomic mass is 19.1. The number of rotatable bonds is 5. The van der Waals surface area contributed by atoms with E-state index in [2.05, 4.69) is 6.07 Å². The Morgan fingerprint density at radius 3 is 2.13 bits per heavy atom. The molecule has 4 heteroatoms. The molecule has 1 nitrogen and oxygen atoms in total. The molecule has 4 aromatic carbocycles. The molecule has 0 heterocycles. The minimum Gasteiger partial charge on any atom is -0.206 e. The third-order valence-electron chi connectivity index (χ3n) is 5.60. The summed E-state index contributed by atoms with van der Waals surface area (Å²) >= 11 is 0. The van der Waals surface area contributed by atoms with E-state index in [-0.39, 0.29) is 11.4 Å². The van der Waals surface area contributed by atoms with Crippen molar-refractivity contribution in [3.05, 3.63) is 106 Å². The largest absolute Gasteiger partial charge is 0.206 e. The summed E-state index contributed by atoms with van der Waals surface area (Å²) in [5, 5.41) is 9.89. The monoisotopic (exact) mass is 415 g/mol. The van der Waals surface area contributed by atoms with Gasteiger partial charge in [0.15, 0.2) is 0 Å². The number of hydrogen-bond acceptors (Lipinski definition) is 1. The van der Waals surface area contributed by atoms with E-state index in [0.717, 1.165) is 5.56 Å². The molecule has 31 heavy (non-hydrogen) atoms. The second-order valence-corrected chi connectivity index (χ2v) is 7.57. The van der Waals surface area contributed by atoms with Crippen LogP contribution in [-0.2, 0) is 19.3 Å². The molecule has 0 spiro atoms. The summed E-state index contributed by atoms with van der Waals surface area (Å²) in [7, 11) is 0. The van der Waals surface area contributed by atoms with Crippen LogP contribution in [-0.4, -0.2) is 0 Å². The van der Waals surface area contributed by atoms with Crippen LogP contribution >= 0.6 is 0 Å². The second-order valence-electron chi connectivity index (χ2n) is 7.57. The molecule has 0 fully saturated rings. The molecule has 0 saturated heterocycles. The van der Waals surface area contributed by atoms with Crippen LogP contribution in [0.25, 0.3) is 21.9 Å². The van der Waals surface area contributed by atoms with Crippen molar-refractivity contribution in [1.29, 1.82) is 5.26 Å². The Bertz CT molecular complexity index is 1280. The average molecular weight is 415 g/mol. The average Bonchev–Trinajstić information content (AvgIpc) is 2.78. The van der Waals surface area contributed by atoms with E-state index >= 15 is 4.39 Å². The Kier molecular flexibility index (Phi) is 5.77. The third-order valence-corrected chi connectivity index (χ3v) is 5.60. The van der Waals surface area contributed by atoms with Crippen LogP contribution in [0.1, 0.15) is 29.2 Å². The van der Waals surface area contributed by atoms with Crippen molar-refractivity contribution >= 4 is 10.8 Å². The normalized spacial score (nSPS) is 10.9. The van der Waals surface area contributed by atoms with Gasteiger partial charge >= 0.3 is 0 Å². The Balaban J connectivity index is 1.63. The zero-order valence-corrected chi connectivity index (χ0v) is 17.1. The van der Waals surface area contributed by atoms with Crippen LogP contribution in [0.3, 0.4) is 0 Å². The highest BCUT2D eigenvalue weighted by Gasteiger charge is 2.15. The Hall–Kier alpha value is -3.58. The molecule has 0 N–H and O–H groups in total. The molecule has 0 radical (unpaired) electrons. The summed E-state index contributed by atoms with van der Waals surface area (Å²) in [6, 6.07) is 20.3. The van der Waals surface area contributed by atoms with Crippen molar-refractivity contribution in [3.63, 3.8) is 0 Å². The first-order chi connectivity index (χ1) is 15.0. The molecule has 0 atom stereocenters. The van der Waals surface area contributed by atoms with E-state index < -0.39 is 11.6 Å². The molecule has 0 aliphatic heterocycles. The lowest BCUT2D eigenvalue weighted by Crippen LogP contribution is -1.97. The van der Waals surface area contributed by atoms with Gasteiger partial charge in [-0.3, -0.25) is 0 Å². The van der Waals surface area contributed by atoms with Crippen LogP contribution in [0.2, 0.25) is 0 Å². The molecule has 0 bridgehead atoms. The molecule has 0 amide bonds. The molecule has 0 saturated carbocycles. The summed E-state index contributed by atoms with van der Waals surface area (Å²) in [5.41, 5.74) is 3.08. The zero-order valence-electron chi connectivity index (χ0n) is 17.1. The van der Waals surface area contributed by atoms with Gasteiger partial charge in [0.25, 0.3) is 0 Å². The van der Waals surface area contributed by atoms with Gasteiger partial charge in [-0.2, -0.15) is 5.26 Å². The standard InChI is InChI=1S/C27H20F3N/c1-2-17-13-24(28)26(25(29)14-17)22-11-12-23-21(15-22)10-9-20(27(23)30)8-7-18-3-5-19(16-31)6-4-18/h3-6,9-15H,2,7-8H2,1H3. The first kappa shape index (κ1) is 20.7. The highest BCUT2D eigenvalue weighted by molar-refractivity contribution is 5.88. The maximum Gasteiger partial charge on any atom is 0.134 e. The van der Waals surface area contributed by atoms with Crippen LogP contribution in [0.15, 0.2) is 66.7 Å². The lowest BCUT2D eigenvalue weighted by Gasteiger charge is -2.11. The minimum absolute atomic E-state index is 0.0931. The van der Waals surface area contributed by atoms with Crippen molar-refractivity contribution in [3.8, 4) is 17.2 Å². The third kappa shape index (κ3) is 4.18. The van der Waals surface area contributed by atoms with Gasteiger partial charge in [0, 0.05) is 5.39 Å². The van der Waals surface area contributed by atoms with Gasteiger partial charge in [-0.15, -0.1) is 0 Å². The first-order valence-electron chi connectivity index (χ1n) is 10.2. The Labute approximate surface area is 179 Å². The fraction of sp³-hybridized carbons (Fsp3) is 0.148. The summed E-state index contributed by atoms with van der Waals surface area (Å²) in [4.78, 5) is 0. The van der Waals surface area contributed by atoms with Gasteiger partial charge in [0.2, 0.25) is 0 Å². The van der Waals surface area contributed by atoms with Crippen molar-refractivity contribution < 1.29 is 13.2 Å². The number of aryl methyl sites for hydroxylation is 3. The van der Waals surface area contributed by atoms with Gasteiger partial charge in [-0.25, -0.2) is 13.2 Å². The number of benzene rings is 4. The van der Waals surface area contributed by atoms with Crippen molar-refractivity contribution in [2.75, 3.05) is 0 Å². The van der Waals surface area contributed by atoms with E-state index in [9.17, 15) is 8.78 Å². The predicted molar refractivity (Wildman–Crippen MR) is 117 cm³/mol. The summed E-state index contributed by atoms with van der Waals surface area (Å²) in [6.07, 6.45) is 1.70. The van der Waals surface area contributed by atoms with Gasteiger partial charge in [0.05, 0.1) is 17.2 Å². The van der Waals surface area contributed by atoms with Gasteiger partial charge in [-0.1, -0.05) is 43.3 Å². The van der Waals surface area contributed by atoms with Crippen LogP contribution in [0, 0.1) is 28.8 Å². The van der Waals surface area contributed by atoms with Gasteiger partial charge in [-0.05, 0) is 77.2 Å². The fourth-order valence-electron chi connectivity index (χ4n) is 3.82. The molecule has 0 unspecified atom stereocenters. The lowest BCUT2D eigenvalue weighted by molar-refractivity contribution is 0.586. The number of nitrogens with zero attached hydrogens (tertiary/aromatic N) is 1. The maximum atomic E-state index is 15.1. The molecule has 154 valence electrons. The molecular weight excluding hydrogens is 395 g/mol. The topological polar surface area (TPSA) is 23.8 Å². The summed E-state index contributed by atoms with van der Waals surface area (Å²) in [5.74, 6) is -1.55. The molecule has 4 aromatic rings. The SMILES string of the molecule is CCc1cc(F)c(-c2ccc3c(F)c(CCc4ccc(C#N)cc4)ccc3c2)c(F)c1. The molecule has 0 aromatic heterocycles. The molecular formula is C27H20F3N. The van der Waals surface area contributed by atoms with Crippen LogP contribution in [0.4, 0.5) is 13.2 Å². The number of nitriles is 1. The Morgan fingerprint density at radius 1 is 0.774 bits per heavy atom. The van der Waals surface area contributed by atoms with Gasteiger partial charge < -0.3 is 0 Å². The fourth-order valence-corrected chi connectivity index (χ4v) is 3.82. The van der Waals surface area contributed by atoms with E-state index in [1.807, 2.05) is 19.1 Å². The number of halogens is 3. The van der Waals surface area contributed by atoms with E-state index in [1.54, 1.807) is 42.5 Å². The molecule has 0 aliphatic rings. The molecule has 4 rings (SSSR count). The van der Waals surface area contributed by atoms with E-state index in [4.69, 9.17) is 5.26 Å². The Morgan fingerprint density at radius 2 is 1.48 bits per heavy atom. The number of hydrogen-bond donors (Lipinski definition) is 0. The quantitative estimate of drug-likeness (QED) is 0.340. The first-order valence-corrected chi connectivity index (χ1v) is 10.2. The smallest absolute Gasteiger partial charge is 0.134 e. The molecule has 0 aliphatic carbocycles. The van der Waals surface area contributed by atoms with E-state index in [0.29, 0.717) is 52.3 Å². The van der Waals surface area contributed by atoms with Gasteiger partial charge in [0.1, 0.15) is 17.5 Å². The lowest BCUT2D eigenvalue weighted by atomic mass is 9.96. The minimum atomic E-state index is -0.615. The summed E-state index contributed by atoms with van der Waals surface area (Å²) in [6.45, 7) is 1.84. The van der Waals surface area contributed by atoms with Crippen LogP contribution in [0.5, 0.6) is 0 Å². The highest BCUT2D eigenvalue weighted by Crippen LogP contribution is 2.31. The van der Waals surface area contributed by atoms with E-state index in [1.165, 1.54) is 12.1 Å². The summed E-state index contributed by atoms with van der Waals surface area (Å²) < 4.78 is 44.1. The van der Waals surface area contributed by atoms with Crippen molar-refractivity contribution in [2.24, 2.45) is 0 Å². The van der Waals surface area contributed by atoms with Crippen LogP contribution < -0.4 is 0 Å². The second kappa shape index (κ2) is 8.65. The van der Waals surface area contributed by atoms with Crippen molar-refractivity contribution in [1.82, 2.24) is 0 Å². The predicted octanol–water partition coefficient (Wildman–Crippen LogP) is 7.14. The maximum absolute atomic E-state index is 15.1. The zero-order chi connectivity index (χ0) is 22.0. The number of fused-ring (bicyclic) bond motifs is 1.